The SMILES string of the molecule is CNC[C@H]1CCCN(C(=O)c2cc(C)n(-c3cc(C)on3)c2C)C1. The van der Waals surface area contributed by atoms with Gasteiger partial charge in [-0.05, 0) is 59.2 Å². The maximum atomic E-state index is 13.0. The molecule has 0 unspecified atom stereocenters. The number of carbonyl (C=O) groups is 1. The lowest BCUT2D eigenvalue weighted by Gasteiger charge is -2.32. The van der Waals surface area contributed by atoms with Gasteiger partial charge in [0.1, 0.15) is 5.76 Å². The molecule has 1 fully saturated rings. The summed E-state index contributed by atoms with van der Waals surface area (Å²) in [6.45, 7) is 8.46. The van der Waals surface area contributed by atoms with Gasteiger partial charge in [0.25, 0.3) is 5.91 Å². The van der Waals surface area contributed by atoms with Crippen LogP contribution in [0.3, 0.4) is 0 Å². The second-order valence-corrected chi connectivity index (χ2v) is 6.73. The van der Waals surface area contributed by atoms with Crippen LogP contribution in [-0.2, 0) is 0 Å². The quantitative estimate of drug-likeness (QED) is 0.935. The van der Waals surface area contributed by atoms with Gasteiger partial charge in [-0.3, -0.25) is 9.36 Å². The summed E-state index contributed by atoms with van der Waals surface area (Å²) in [7, 11) is 1.97. The summed E-state index contributed by atoms with van der Waals surface area (Å²) in [6.07, 6.45) is 2.25. The maximum Gasteiger partial charge on any atom is 0.255 e. The molecule has 130 valence electrons. The summed E-state index contributed by atoms with van der Waals surface area (Å²) in [4.78, 5) is 15.0. The Labute approximate surface area is 142 Å². The van der Waals surface area contributed by atoms with Gasteiger partial charge in [0.05, 0.1) is 5.56 Å². The summed E-state index contributed by atoms with van der Waals surface area (Å²) in [5.74, 6) is 2.15. The van der Waals surface area contributed by atoms with Crippen molar-refractivity contribution in [1.82, 2.24) is 19.9 Å². The minimum atomic E-state index is 0.121. The minimum absolute atomic E-state index is 0.121. The topological polar surface area (TPSA) is 63.3 Å². The lowest BCUT2D eigenvalue weighted by molar-refractivity contribution is 0.0673. The fraction of sp³-hybridized carbons (Fsp3) is 0.556. The van der Waals surface area contributed by atoms with Crippen molar-refractivity contribution < 1.29 is 9.32 Å². The first kappa shape index (κ1) is 16.8. The number of aromatic nitrogens is 2. The van der Waals surface area contributed by atoms with Crippen molar-refractivity contribution in [3.8, 4) is 5.82 Å². The second-order valence-electron chi connectivity index (χ2n) is 6.73. The molecule has 0 saturated carbocycles. The molecule has 3 heterocycles. The van der Waals surface area contributed by atoms with Crippen molar-refractivity contribution >= 4 is 5.91 Å². The van der Waals surface area contributed by atoms with Crippen LogP contribution < -0.4 is 5.32 Å². The largest absolute Gasteiger partial charge is 0.360 e. The standard InChI is InChI=1S/C18H26N4O2/c1-12-8-16(14(3)22(12)17-9-13(2)24-20-17)18(23)21-7-5-6-15(11-21)10-19-4/h8-9,15,19H,5-7,10-11H2,1-4H3/t15-/m1/s1. The van der Waals surface area contributed by atoms with E-state index in [1.807, 2.05) is 49.4 Å². The van der Waals surface area contributed by atoms with Crippen LogP contribution in [0.25, 0.3) is 5.82 Å². The first-order chi connectivity index (χ1) is 11.5. The van der Waals surface area contributed by atoms with E-state index in [0.717, 1.165) is 54.6 Å². The predicted molar refractivity (Wildman–Crippen MR) is 92.6 cm³/mol. The Morgan fingerprint density at radius 2 is 2.17 bits per heavy atom. The molecule has 1 atom stereocenters. The van der Waals surface area contributed by atoms with Gasteiger partial charge in [0.2, 0.25) is 0 Å². The number of aryl methyl sites for hydroxylation is 2. The highest BCUT2D eigenvalue weighted by Crippen LogP contribution is 2.24. The van der Waals surface area contributed by atoms with Crippen LogP contribution in [0.5, 0.6) is 0 Å². The molecule has 0 radical (unpaired) electrons. The van der Waals surface area contributed by atoms with E-state index in [-0.39, 0.29) is 5.91 Å². The predicted octanol–water partition coefficient (Wildman–Crippen LogP) is 2.46. The van der Waals surface area contributed by atoms with Crippen LogP contribution in [0.1, 0.15) is 40.3 Å². The first-order valence-electron chi connectivity index (χ1n) is 8.57. The molecule has 1 aliphatic rings. The number of hydrogen-bond acceptors (Lipinski definition) is 4. The number of amides is 1. The van der Waals surface area contributed by atoms with Crippen LogP contribution in [0.2, 0.25) is 0 Å². The Morgan fingerprint density at radius 1 is 1.38 bits per heavy atom. The monoisotopic (exact) mass is 330 g/mol. The summed E-state index contributed by atoms with van der Waals surface area (Å²) < 4.78 is 7.17. The third-order valence-electron chi connectivity index (χ3n) is 4.81. The average molecular weight is 330 g/mol. The van der Waals surface area contributed by atoms with Crippen LogP contribution in [-0.4, -0.2) is 47.2 Å². The van der Waals surface area contributed by atoms with Crippen LogP contribution >= 0.6 is 0 Å². The van der Waals surface area contributed by atoms with Crippen molar-refractivity contribution in [1.29, 1.82) is 0 Å². The van der Waals surface area contributed by atoms with Gasteiger partial charge >= 0.3 is 0 Å². The van der Waals surface area contributed by atoms with Gasteiger partial charge in [-0.25, -0.2) is 0 Å². The molecule has 2 aromatic rings. The van der Waals surface area contributed by atoms with Crippen LogP contribution in [0, 0.1) is 26.7 Å². The van der Waals surface area contributed by atoms with E-state index in [4.69, 9.17) is 4.52 Å². The zero-order valence-electron chi connectivity index (χ0n) is 14.9. The van der Waals surface area contributed by atoms with E-state index in [1.165, 1.54) is 6.42 Å². The Bertz CT molecular complexity index is 729. The van der Waals surface area contributed by atoms with Crippen LogP contribution in [0.4, 0.5) is 0 Å². The van der Waals surface area contributed by atoms with Gasteiger partial charge < -0.3 is 14.7 Å². The van der Waals surface area contributed by atoms with Gasteiger partial charge in [-0.2, -0.15) is 0 Å². The van der Waals surface area contributed by atoms with E-state index < -0.39 is 0 Å². The smallest absolute Gasteiger partial charge is 0.255 e. The maximum absolute atomic E-state index is 13.0. The molecule has 1 aliphatic heterocycles. The molecule has 1 saturated heterocycles. The number of hydrogen-bond donors (Lipinski definition) is 1. The molecule has 6 heteroatoms. The number of nitrogens with one attached hydrogen (secondary N) is 1. The molecule has 24 heavy (non-hydrogen) atoms. The number of rotatable bonds is 4. The van der Waals surface area contributed by atoms with Crippen LogP contribution in [0.15, 0.2) is 16.7 Å². The summed E-state index contributed by atoms with van der Waals surface area (Å²) in [5.41, 5.74) is 2.67. The Balaban J connectivity index is 1.86. The molecule has 0 aromatic carbocycles. The number of carbonyl (C=O) groups excluding carboxylic acids is 1. The number of likely N-dealkylation sites (tertiary alicyclic amines) is 1. The summed E-state index contributed by atoms with van der Waals surface area (Å²) in [6, 6.07) is 3.85. The molecule has 1 amide bonds. The molecule has 3 rings (SSSR count). The van der Waals surface area contributed by atoms with Crippen molar-refractivity contribution in [3.63, 3.8) is 0 Å². The van der Waals surface area contributed by atoms with E-state index in [9.17, 15) is 4.79 Å². The van der Waals surface area contributed by atoms with Crippen molar-refractivity contribution in [2.45, 2.75) is 33.6 Å². The zero-order valence-corrected chi connectivity index (χ0v) is 14.9. The minimum Gasteiger partial charge on any atom is -0.360 e. The average Bonchev–Trinajstić information content (AvgIpc) is 3.10. The highest BCUT2D eigenvalue weighted by Gasteiger charge is 2.27. The highest BCUT2D eigenvalue weighted by molar-refractivity contribution is 5.96. The van der Waals surface area contributed by atoms with Gasteiger partial charge in [-0.1, -0.05) is 5.16 Å². The first-order valence-corrected chi connectivity index (χ1v) is 8.57. The number of nitrogens with zero attached hydrogens (tertiary/aromatic N) is 3. The number of piperidine rings is 1. The van der Waals surface area contributed by atoms with E-state index in [0.29, 0.717) is 5.92 Å². The lowest BCUT2D eigenvalue weighted by Crippen LogP contribution is -2.42. The zero-order chi connectivity index (χ0) is 17.3. The van der Waals surface area contributed by atoms with E-state index in [2.05, 4.69) is 10.5 Å². The van der Waals surface area contributed by atoms with Crippen molar-refractivity contribution in [2.24, 2.45) is 5.92 Å². The normalized spacial score (nSPS) is 18.2. The second kappa shape index (κ2) is 6.81. The Kier molecular flexibility index (Phi) is 4.76. The molecule has 0 bridgehead atoms. The van der Waals surface area contributed by atoms with Gasteiger partial charge in [-0.15, -0.1) is 0 Å². The molecular formula is C18H26N4O2. The van der Waals surface area contributed by atoms with E-state index in [1.54, 1.807) is 0 Å². The fourth-order valence-corrected chi connectivity index (χ4v) is 3.67. The van der Waals surface area contributed by atoms with Gasteiger partial charge in [0.15, 0.2) is 5.82 Å². The Hall–Kier alpha value is -2.08. The lowest BCUT2D eigenvalue weighted by atomic mass is 9.97. The van der Waals surface area contributed by atoms with Gasteiger partial charge in [0, 0.05) is 30.5 Å². The molecule has 6 nitrogen and oxygen atoms in total. The fourth-order valence-electron chi connectivity index (χ4n) is 3.67. The molecule has 1 N–H and O–H groups in total. The Morgan fingerprint density at radius 3 is 2.83 bits per heavy atom. The molecule has 0 aliphatic carbocycles. The third-order valence-corrected chi connectivity index (χ3v) is 4.81. The summed E-state index contributed by atoms with van der Waals surface area (Å²) >= 11 is 0. The van der Waals surface area contributed by atoms with E-state index >= 15 is 0 Å². The van der Waals surface area contributed by atoms with Crippen molar-refractivity contribution in [2.75, 3.05) is 26.7 Å². The molecule has 2 aromatic heterocycles. The highest BCUT2D eigenvalue weighted by atomic mass is 16.5. The molecular weight excluding hydrogens is 304 g/mol. The van der Waals surface area contributed by atoms with Crippen molar-refractivity contribution in [3.05, 3.63) is 34.8 Å². The molecule has 0 spiro atoms. The third kappa shape index (κ3) is 3.11. The summed E-state index contributed by atoms with van der Waals surface area (Å²) in [5, 5.41) is 7.31.